The third kappa shape index (κ3) is 11.0. The molecule has 12 heteroatoms. The Kier molecular flexibility index (Phi) is 17.0. The van der Waals surface area contributed by atoms with E-state index in [2.05, 4.69) is 35.1 Å². The third-order valence-corrected chi connectivity index (χ3v) is 9.53. The highest BCUT2D eigenvalue weighted by Gasteiger charge is 2.48. The number of hydrogen-bond donors (Lipinski definition) is 4. The number of nitrogens with zero attached hydrogens (tertiary/aromatic N) is 1. The molecular weight excluding hydrogens is 614 g/mol. The molecule has 12 nitrogen and oxygen atoms in total. The first kappa shape index (κ1) is 41.1. The van der Waals surface area contributed by atoms with Gasteiger partial charge in [-0.2, -0.15) is 0 Å². The van der Waals surface area contributed by atoms with Crippen LogP contribution < -0.4 is 21.3 Å². The van der Waals surface area contributed by atoms with Crippen LogP contribution in [-0.4, -0.2) is 106 Å². The van der Waals surface area contributed by atoms with Gasteiger partial charge in [-0.1, -0.05) is 85.2 Å². The molecule has 48 heavy (non-hydrogen) atoms. The Balaban J connectivity index is 2.08. The Bertz CT molecular complexity index is 1170. The number of hydrogen-bond acceptors (Lipinski definition) is 8. The zero-order valence-electron chi connectivity index (χ0n) is 30.9. The molecule has 0 bridgehead atoms. The second-order valence-electron chi connectivity index (χ2n) is 13.8. The van der Waals surface area contributed by atoms with Crippen LogP contribution in [0.1, 0.15) is 66.9 Å². The van der Waals surface area contributed by atoms with Gasteiger partial charge in [0.25, 0.3) is 5.91 Å². The van der Waals surface area contributed by atoms with Gasteiger partial charge in [0.15, 0.2) is 6.10 Å². The van der Waals surface area contributed by atoms with E-state index in [0.717, 1.165) is 12.0 Å². The van der Waals surface area contributed by atoms with Gasteiger partial charge >= 0.3 is 0 Å². The molecule has 0 radical (unpaired) electrons. The van der Waals surface area contributed by atoms with E-state index in [1.807, 2.05) is 65.0 Å². The van der Waals surface area contributed by atoms with E-state index < -0.39 is 36.5 Å². The van der Waals surface area contributed by atoms with Crippen molar-refractivity contribution < 1.29 is 33.4 Å². The summed E-state index contributed by atoms with van der Waals surface area (Å²) in [7, 11) is 6.53. The van der Waals surface area contributed by atoms with Crippen molar-refractivity contribution in [2.75, 3.05) is 34.9 Å². The van der Waals surface area contributed by atoms with Gasteiger partial charge in [-0.25, -0.2) is 0 Å². The molecule has 1 saturated heterocycles. The van der Waals surface area contributed by atoms with Gasteiger partial charge in [0.1, 0.15) is 24.4 Å². The predicted molar refractivity (Wildman–Crippen MR) is 186 cm³/mol. The van der Waals surface area contributed by atoms with Crippen molar-refractivity contribution in [1.29, 1.82) is 0 Å². The highest BCUT2D eigenvalue weighted by atomic mass is 16.6. The largest absolute Gasteiger partial charge is 0.376 e. The van der Waals surface area contributed by atoms with Crippen LogP contribution in [0.25, 0.3) is 0 Å². The van der Waals surface area contributed by atoms with Crippen molar-refractivity contribution in [3.05, 3.63) is 35.9 Å². The number of carbonyl (C=O) groups excluding carboxylic acids is 4. The Hall–Kier alpha value is -3.06. The Morgan fingerprint density at radius 2 is 1.48 bits per heavy atom. The molecule has 1 aromatic rings. The zero-order valence-corrected chi connectivity index (χ0v) is 30.9. The van der Waals surface area contributed by atoms with E-state index in [0.29, 0.717) is 6.54 Å². The molecule has 9 atom stereocenters. The Labute approximate surface area is 287 Å². The maximum absolute atomic E-state index is 13.9. The number of likely N-dealkylation sites (N-methyl/N-ethyl adjacent to an activating group) is 2. The van der Waals surface area contributed by atoms with Crippen molar-refractivity contribution in [2.45, 2.75) is 110 Å². The quantitative estimate of drug-likeness (QED) is 0.175. The lowest BCUT2D eigenvalue weighted by Gasteiger charge is -2.39. The summed E-state index contributed by atoms with van der Waals surface area (Å²) in [6.45, 7) is 14.3. The number of carbonyl (C=O) groups is 4. The third-order valence-electron chi connectivity index (χ3n) is 9.53. The molecule has 1 aliphatic rings. The molecule has 1 fully saturated rings. The van der Waals surface area contributed by atoms with Gasteiger partial charge in [-0.05, 0) is 36.3 Å². The van der Waals surface area contributed by atoms with E-state index >= 15 is 0 Å². The van der Waals surface area contributed by atoms with Crippen LogP contribution in [0.3, 0.4) is 0 Å². The molecule has 4 amide bonds. The fourth-order valence-corrected chi connectivity index (χ4v) is 6.69. The van der Waals surface area contributed by atoms with Crippen LogP contribution in [0.4, 0.5) is 0 Å². The normalized spacial score (nSPS) is 22.4. The number of ether oxygens (including phenoxy) is 3. The van der Waals surface area contributed by atoms with E-state index in [-0.39, 0.29) is 66.3 Å². The summed E-state index contributed by atoms with van der Waals surface area (Å²) in [6.07, 6.45) is -1.77. The zero-order chi connectivity index (χ0) is 36.1. The first-order valence-corrected chi connectivity index (χ1v) is 17.3. The molecule has 0 spiro atoms. The number of amides is 4. The molecule has 1 aliphatic heterocycles. The van der Waals surface area contributed by atoms with Crippen LogP contribution in [0.2, 0.25) is 0 Å². The lowest BCUT2D eigenvalue weighted by molar-refractivity contribution is -0.141. The maximum atomic E-state index is 13.9. The second-order valence-corrected chi connectivity index (χ2v) is 13.8. The minimum atomic E-state index is -0.905. The highest BCUT2D eigenvalue weighted by molar-refractivity contribution is 5.90. The Morgan fingerprint density at radius 1 is 0.875 bits per heavy atom. The maximum Gasteiger partial charge on any atom is 0.252 e. The van der Waals surface area contributed by atoms with Crippen LogP contribution >= 0.6 is 0 Å². The molecule has 4 N–H and O–H groups in total. The highest BCUT2D eigenvalue weighted by Crippen LogP contribution is 2.28. The second kappa shape index (κ2) is 19.8. The van der Waals surface area contributed by atoms with E-state index in [4.69, 9.17) is 14.2 Å². The first-order valence-electron chi connectivity index (χ1n) is 17.3. The van der Waals surface area contributed by atoms with Gasteiger partial charge in [-0.3, -0.25) is 19.2 Å². The average Bonchev–Trinajstić information content (AvgIpc) is 3.42. The van der Waals surface area contributed by atoms with Gasteiger partial charge in [-0.15, -0.1) is 0 Å². The summed E-state index contributed by atoms with van der Waals surface area (Å²) in [6, 6.07) is 8.20. The smallest absolute Gasteiger partial charge is 0.252 e. The molecule has 272 valence electrons. The minimum Gasteiger partial charge on any atom is -0.376 e. The molecule has 0 unspecified atom stereocenters. The summed E-state index contributed by atoms with van der Waals surface area (Å²) in [5.41, 5.74) is 0.958. The van der Waals surface area contributed by atoms with E-state index in [9.17, 15) is 19.2 Å². The van der Waals surface area contributed by atoms with Gasteiger partial charge in [0.2, 0.25) is 17.7 Å². The number of nitrogens with one attached hydrogen (secondary N) is 4. The molecule has 1 heterocycles. The average molecular weight is 676 g/mol. The molecule has 1 aromatic carbocycles. The predicted octanol–water partition coefficient (Wildman–Crippen LogP) is 2.50. The summed E-state index contributed by atoms with van der Waals surface area (Å²) < 4.78 is 17.4. The first-order chi connectivity index (χ1) is 22.7. The lowest BCUT2D eigenvalue weighted by atomic mass is 9.84. The Morgan fingerprint density at radius 3 is 2.00 bits per heavy atom. The van der Waals surface area contributed by atoms with Crippen LogP contribution in [0.5, 0.6) is 0 Å². The van der Waals surface area contributed by atoms with Crippen LogP contribution in [0, 0.1) is 23.7 Å². The minimum absolute atomic E-state index is 0.0545. The summed E-state index contributed by atoms with van der Waals surface area (Å²) >= 11 is 0. The van der Waals surface area contributed by atoms with Crippen molar-refractivity contribution in [3.8, 4) is 0 Å². The SMILES string of the molecule is CC[C@H](C)[C@@H]([C@H](C)CC(=O)NC[C@H]1O[C@H](C(=O)NCc2ccccc2)[C@@H](OC)[C@@H]1OC)N(C)C(=O)[C@@H](NC(=O)[C@@H](NC)C(C)C)C(C)C. The fraction of sp³-hybridized carbons (Fsp3) is 0.722. The molecule has 0 saturated carbocycles. The molecule has 0 aliphatic carbocycles. The topological polar surface area (TPSA) is 147 Å². The van der Waals surface area contributed by atoms with Crippen molar-refractivity contribution >= 4 is 23.6 Å². The van der Waals surface area contributed by atoms with Crippen molar-refractivity contribution in [3.63, 3.8) is 0 Å². The van der Waals surface area contributed by atoms with Crippen LogP contribution in [0.15, 0.2) is 30.3 Å². The van der Waals surface area contributed by atoms with Gasteiger partial charge < -0.3 is 40.4 Å². The molecule has 2 rings (SSSR count). The number of rotatable bonds is 19. The van der Waals surface area contributed by atoms with Gasteiger partial charge in [0.05, 0.1) is 6.04 Å². The van der Waals surface area contributed by atoms with E-state index in [1.54, 1.807) is 19.0 Å². The lowest BCUT2D eigenvalue weighted by Crippen LogP contribution is -2.58. The summed E-state index contributed by atoms with van der Waals surface area (Å²) in [5.74, 6) is -1.09. The van der Waals surface area contributed by atoms with Crippen LogP contribution in [-0.2, 0) is 39.9 Å². The monoisotopic (exact) mass is 675 g/mol. The van der Waals surface area contributed by atoms with Gasteiger partial charge in [0, 0.05) is 46.8 Å². The van der Waals surface area contributed by atoms with Crippen molar-refractivity contribution in [1.82, 2.24) is 26.2 Å². The summed E-state index contributed by atoms with van der Waals surface area (Å²) in [5, 5.41) is 11.9. The number of methoxy groups -OCH3 is 2. The van der Waals surface area contributed by atoms with E-state index in [1.165, 1.54) is 14.2 Å². The summed E-state index contributed by atoms with van der Waals surface area (Å²) in [4.78, 5) is 55.1. The standard InChI is InChI=1S/C36H61N5O7/c1-12-23(6)30(41(9)36(45)29(22(4)5)40-34(43)28(37-8)21(2)3)24(7)18-27(42)38-20-26-31(46-10)32(47-11)33(48-26)35(44)39-19-25-16-14-13-15-17-25/h13-17,21-24,26,28-33,37H,12,18-20H2,1-11H3,(H,38,42)(H,39,44)(H,40,43)/t23-,24+,26+,28-,29-,30-,31+,32-,33-/m0/s1. The number of benzene rings is 1. The molecule has 0 aromatic heterocycles. The fourth-order valence-electron chi connectivity index (χ4n) is 6.69. The van der Waals surface area contributed by atoms with Crippen molar-refractivity contribution in [2.24, 2.45) is 23.7 Å². The molecular formula is C36H61N5O7.